The van der Waals surface area contributed by atoms with Crippen LogP contribution in [0.4, 0.5) is 0 Å². The second-order valence-corrected chi connectivity index (χ2v) is 3.09. The average molecular weight is 176 g/mol. The van der Waals surface area contributed by atoms with Crippen molar-refractivity contribution in [3.8, 4) is 0 Å². The predicted molar refractivity (Wildman–Crippen MR) is 56.3 cm³/mol. The summed E-state index contributed by atoms with van der Waals surface area (Å²) in [7, 11) is 0. The second kappa shape index (κ2) is 4.70. The predicted octanol–water partition coefficient (Wildman–Crippen LogP) is 3.37. The molecule has 0 saturated heterocycles. The molecule has 13 heavy (non-hydrogen) atoms. The molecule has 1 atom stereocenters. The highest BCUT2D eigenvalue weighted by Gasteiger charge is 2.07. The third kappa shape index (κ3) is 2.94. The van der Waals surface area contributed by atoms with Gasteiger partial charge in [-0.2, -0.15) is 0 Å². The van der Waals surface area contributed by atoms with E-state index >= 15 is 0 Å². The summed E-state index contributed by atoms with van der Waals surface area (Å²) >= 11 is 0. The van der Waals surface area contributed by atoms with E-state index in [2.05, 4.69) is 31.7 Å². The molecule has 1 rings (SSSR count). The molecule has 0 bridgehead atoms. The molecule has 1 unspecified atom stereocenters. The maximum atomic E-state index is 5.65. The normalized spacial score (nSPS) is 22.5. The molecule has 0 heterocycles. The van der Waals surface area contributed by atoms with Crippen LogP contribution in [0.25, 0.3) is 0 Å². The number of rotatable bonds is 3. The first-order valence-corrected chi connectivity index (χ1v) is 4.56. The van der Waals surface area contributed by atoms with Crippen LogP contribution in [0.1, 0.15) is 20.3 Å². The minimum atomic E-state index is 0.174. The number of allylic oxidation sites excluding steroid dienone is 4. The van der Waals surface area contributed by atoms with E-state index in [1.54, 1.807) is 6.08 Å². The third-order valence-electron chi connectivity index (χ3n) is 2.02. The Balaban J connectivity index is 2.49. The molecule has 0 aromatic heterocycles. The van der Waals surface area contributed by atoms with Gasteiger partial charge < -0.3 is 4.74 Å². The summed E-state index contributed by atoms with van der Waals surface area (Å²) in [4.78, 5) is 0. The fourth-order valence-electron chi connectivity index (χ4n) is 1.20. The Hall–Kier alpha value is -1.24. The summed E-state index contributed by atoms with van der Waals surface area (Å²) in [6.45, 7) is 7.72. The van der Waals surface area contributed by atoms with E-state index in [1.165, 1.54) is 5.57 Å². The maximum absolute atomic E-state index is 5.65. The molecule has 1 aliphatic carbocycles. The Morgan fingerprint density at radius 3 is 2.92 bits per heavy atom. The Labute approximate surface area is 80.1 Å². The third-order valence-corrected chi connectivity index (χ3v) is 2.02. The smallest absolute Gasteiger partial charge is 0.121 e. The van der Waals surface area contributed by atoms with E-state index in [0.717, 1.165) is 12.2 Å². The molecule has 1 heteroatoms. The monoisotopic (exact) mass is 176 g/mol. The lowest BCUT2D eigenvalue weighted by Gasteiger charge is -2.17. The molecule has 0 fully saturated rings. The molecule has 0 aromatic rings. The summed E-state index contributed by atoms with van der Waals surface area (Å²) in [5, 5.41) is 0. The second-order valence-electron chi connectivity index (χ2n) is 3.09. The summed E-state index contributed by atoms with van der Waals surface area (Å²) in [5.41, 5.74) is 1.31. The van der Waals surface area contributed by atoms with Gasteiger partial charge in [-0.15, -0.1) is 0 Å². The first-order valence-electron chi connectivity index (χ1n) is 4.56. The van der Waals surface area contributed by atoms with Crippen LogP contribution in [0.15, 0.2) is 48.3 Å². The Bertz CT molecular complexity index is 269. The standard InChI is InChI=1S/C12H16O/c1-4-11(5-2)13-12-8-6-10(3)7-9-12/h4-8,12H,1,9H2,2-3H3/b11-5+. The highest BCUT2D eigenvalue weighted by Crippen LogP contribution is 2.15. The van der Waals surface area contributed by atoms with Gasteiger partial charge >= 0.3 is 0 Å². The van der Waals surface area contributed by atoms with Crippen molar-refractivity contribution in [2.24, 2.45) is 0 Å². The van der Waals surface area contributed by atoms with Crippen LogP contribution in [0.2, 0.25) is 0 Å². The summed E-state index contributed by atoms with van der Waals surface area (Å²) in [6.07, 6.45) is 11.1. The minimum absolute atomic E-state index is 0.174. The zero-order valence-electron chi connectivity index (χ0n) is 8.29. The zero-order valence-corrected chi connectivity index (χ0v) is 8.29. The first kappa shape index (κ1) is 9.85. The largest absolute Gasteiger partial charge is 0.486 e. The summed E-state index contributed by atoms with van der Waals surface area (Å²) in [5.74, 6) is 0.850. The minimum Gasteiger partial charge on any atom is -0.486 e. The molecule has 0 radical (unpaired) electrons. The quantitative estimate of drug-likeness (QED) is 0.473. The fourth-order valence-corrected chi connectivity index (χ4v) is 1.20. The van der Waals surface area contributed by atoms with E-state index in [0.29, 0.717) is 0 Å². The molecular formula is C12H16O. The van der Waals surface area contributed by atoms with Gasteiger partial charge in [-0.1, -0.05) is 24.3 Å². The lowest BCUT2D eigenvalue weighted by atomic mass is 10.1. The van der Waals surface area contributed by atoms with Crippen molar-refractivity contribution < 1.29 is 4.74 Å². The molecule has 0 amide bonds. The van der Waals surface area contributed by atoms with E-state index < -0.39 is 0 Å². The van der Waals surface area contributed by atoms with Crippen molar-refractivity contribution in [2.75, 3.05) is 0 Å². The number of hydrogen-bond donors (Lipinski definition) is 0. The Morgan fingerprint density at radius 1 is 1.69 bits per heavy atom. The molecule has 70 valence electrons. The van der Waals surface area contributed by atoms with Crippen LogP contribution in [0, 0.1) is 0 Å². The van der Waals surface area contributed by atoms with Crippen LogP contribution in [0.3, 0.4) is 0 Å². The van der Waals surface area contributed by atoms with Gasteiger partial charge in [0.25, 0.3) is 0 Å². The van der Waals surface area contributed by atoms with E-state index in [1.807, 2.05) is 13.0 Å². The van der Waals surface area contributed by atoms with Gasteiger partial charge in [-0.3, -0.25) is 0 Å². The van der Waals surface area contributed by atoms with E-state index in [9.17, 15) is 0 Å². The molecule has 0 aromatic carbocycles. The molecule has 0 N–H and O–H groups in total. The maximum Gasteiger partial charge on any atom is 0.121 e. The van der Waals surface area contributed by atoms with Crippen LogP contribution in [-0.2, 0) is 4.74 Å². The lowest BCUT2D eigenvalue weighted by Crippen LogP contribution is -2.10. The Morgan fingerprint density at radius 2 is 2.46 bits per heavy atom. The van der Waals surface area contributed by atoms with Crippen molar-refractivity contribution in [1.82, 2.24) is 0 Å². The first-order chi connectivity index (χ1) is 6.26. The number of hydrogen-bond acceptors (Lipinski definition) is 1. The van der Waals surface area contributed by atoms with Gasteiger partial charge in [-0.25, -0.2) is 0 Å². The highest BCUT2D eigenvalue weighted by molar-refractivity contribution is 5.23. The van der Waals surface area contributed by atoms with Crippen molar-refractivity contribution in [2.45, 2.75) is 26.4 Å². The Kier molecular flexibility index (Phi) is 3.56. The van der Waals surface area contributed by atoms with Crippen molar-refractivity contribution in [1.29, 1.82) is 0 Å². The molecule has 0 saturated carbocycles. The van der Waals surface area contributed by atoms with Crippen LogP contribution < -0.4 is 0 Å². The molecule has 1 aliphatic rings. The molecule has 0 spiro atoms. The molecule has 0 aliphatic heterocycles. The molecule has 1 nitrogen and oxygen atoms in total. The fraction of sp³-hybridized carbons (Fsp3) is 0.333. The van der Waals surface area contributed by atoms with E-state index in [-0.39, 0.29) is 6.10 Å². The van der Waals surface area contributed by atoms with Gasteiger partial charge in [0.05, 0.1) is 0 Å². The molecular weight excluding hydrogens is 160 g/mol. The van der Waals surface area contributed by atoms with Crippen molar-refractivity contribution in [3.05, 3.63) is 48.3 Å². The average Bonchev–Trinajstić information content (AvgIpc) is 2.17. The lowest BCUT2D eigenvalue weighted by molar-refractivity contribution is 0.166. The summed E-state index contributed by atoms with van der Waals surface area (Å²) < 4.78 is 5.65. The summed E-state index contributed by atoms with van der Waals surface area (Å²) in [6, 6.07) is 0. The van der Waals surface area contributed by atoms with E-state index in [4.69, 9.17) is 4.74 Å². The van der Waals surface area contributed by atoms with Gasteiger partial charge in [0, 0.05) is 6.42 Å². The van der Waals surface area contributed by atoms with Crippen LogP contribution in [-0.4, -0.2) is 6.10 Å². The van der Waals surface area contributed by atoms with Gasteiger partial charge in [0.1, 0.15) is 11.9 Å². The van der Waals surface area contributed by atoms with Gasteiger partial charge in [0.2, 0.25) is 0 Å². The van der Waals surface area contributed by atoms with Crippen molar-refractivity contribution >= 4 is 0 Å². The van der Waals surface area contributed by atoms with Gasteiger partial charge in [-0.05, 0) is 32.1 Å². The SMILES string of the molecule is C=C/C(=C\C)OC1C=CC(C)=CC1. The highest BCUT2D eigenvalue weighted by atomic mass is 16.5. The van der Waals surface area contributed by atoms with Gasteiger partial charge in [0.15, 0.2) is 0 Å². The van der Waals surface area contributed by atoms with Crippen LogP contribution >= 0.6 is 0 Å². The topological polar surface area (TPSA) is 9.23 Å². The van der Waals surface area contributed by atoms with Crippen LogP contribution in [0.5, 0.6) is 0 Å². The number of ether oxygens (including phenoxy) is 1. The van der Waals surface area contributed by atoms with Crippen molar-refractivity contribution in [3.63, 3.8) is 0 Å². The zero-order chi connectivity index (χ0) is 9.68.